The smallest absolute Gasteiger partial charge is 0.408 e. The van der Waals surface area contributed by atoms with E-state index in [4.69, 9.17) is 16.6 Å². The third-order valence-electron chi connectivity index (χ3n) is 4.09. The maximum Gasteiger partial charge on any atom is 0.420 e. The molecule has 4 rings (SSSR count). The topological polar surface area (TPSA) is 75.0 Å². The lowest BCUT2D eigenvalue weighted by Gasteiger charge is -2.06. The predicted molar refractivity (Wildman–Crippen MR) is 103 cm³/mol. The average molecular weight is 386 g/mol. The standard InChI is InChI=1S/C17H14N4O3S2/c1-2-7-21-14-13(26-17(21)25)15(22)19(10-18-14)8-9-20-11-5-3-4-6-12(11)24-16(20)23/h2-6,10H,1,7-9H2. The fourth-order valence-corrected chi connectivity index (χ4v) is 4.17. The van der Waals surface area contributed by atoms with Crippen molar-refractivity contribution in [1.82, 2.24) is 18.7 Å². The van der Waals surface area contributed by atoms with Crippen molar-refractivity contribution in [1.29, 1.82) is 0 Å². The molecular weight excluding hydrogens is 372 g/mol. The van der Waals surface area contributed by atoms with E-state index in [9.17, 15) is 9.59 Å². The Morgan fingerprint density at radius 3 is 2.85 bits per heavy atom. The zero-order chi connectivity index (χ0) is 18.3. The second kappa shape index (κ2) is 6.50. The molecule has 7 nitrogen and oxygen atoms in total. The fourth-order valence-electron chi connectivity index (χ4n) is 2.85. The van der Waals surface area contributed by atoms with E-state index in [0.29, 0.717) is 45.0 Å². The summed E-state index contributed by atoms with van der Waals surface area (Å²) < 4.78 is 11.1. The molecule has 4 aromatic rings. The summed E-state index contributed by atoms with van der Waals surface area (Å²) in [6, 6.07) is 7.19. The van der Waals surface area contributed by atoms with Crippen LogP contribution in [0.25, 0.3) is 21.4 Å². The monoisotopic (exact) mass is 386 g/mol. The SMILES string of the molecule is C=CCn1c(=S)sc2c(=O)n(CCn3c(=O)oc4ccccc43)cnc21. The maximum atomic E-state index is 12.7. The molecule has 132 valence electrons. The van der Waals surface area contributed by atoms with E-state index < -0.39 is 5.76 Å². The molecule has 0 atom stereocenters. The minimum absolute atomic E-state index is 0.172. The van der Waals surface area contributed by atoms with Crippen molar-refractivity contribution >= 4 is 45.0 Å². The van der Waals surface area contributed by atoms with Crippen LogP contribution in [-0.2, 0) is 19.6 Å². The Kier molecular flexibility index (Phi) is 4.17. The summed E-state index contributed by atoms with van der Waals surface area (Å²) in [7, 11) is 0. The molecule has 0 unspecified atom stereocenters. The quantitative estimate of drug-likeness (QED) is 0.389. The first-order chi connectivity index (χ1) is 12.6. The highest BCUT2D eigenvalue weighted by atomic mass is 32.1. The molecule has 0 aliphatic rings. The molecule has 0 aliphatic carbocycles. The number of rotatable bonds is 5. The van der Waals surface area contributed by atoms with E-state index in [-0.39, 0.29) is 5.56 Å². The minimum Gasteiger partial charge on any atom is -0.408 e. The molecule has 0 fully saturated rings. The van der Waals surface area contributed by atoms with E-state index >= 15 is 0 Å². The molecule has 0 spiro atoms. The van der Waals surface area contributed by atoms with Gasteiger partial charge in [-0.2, -0.15) is 0 Å². The van der Waals surface area contributed by atoms with Gasteiger partial charge in [-0.15, -0.1) is 6.58 Å². The summed E-state index contributed by atoms with van der Waals surface area (Å²) in [5, 5.41) is 0. The molecule has 0 aliphatic heterocycles. The van der Waals surface area contributed by atoms with Gasteiger partial charge in [0.05, 0.1) is 5.52 Å². The van der Waals surface area contributed by atoms with Gasteiger partial charge in [-0.25, -0.2) is 9.78 Å². The molecule has 0 N–H and O–H groups in total. The minimum atomic E-state index is -0.443. The van der Waals surface area contributed by atoms with Crippen LogP contribution in [0.5, 0.6) is 0 Å². The molecule has 0 amide bonds. The van der Waals surface area contributed by atoms with E-state index in [1.165, 1.54) is 26.8 Å². The number of hydrogen-bond donors (Lipinski definition) is 0. The van der Waals surface area contributed by atoms with Crippen LogP contribution in [0.2, 0.25) is 0 Å². The molecule has 3 aromatic heterocycles. The van der Waals surface area contributed by atoms with Crippen LogP contribution in [0.1, 0.15) is 0 Å². The fraction of sp³-hybridized carbons (Fsp3) is 0.176. The number of para-hydroxylation sites is 2. The number of oxazole rings is 1. The number of hydrogen-bond acceptors (Lipinski definition) is 6. The summed E-state index contributed by atoms with van der Waals surface area (Å²) in [6.45, 7) is 4.82. The summed E-state index contributed by atoms with van der Waals surface area (Å²) in [5.74, 6) is -0.443. The second-order valence-corrected chi connectivity index (χ2v) is 7.29. The van der Waals surface area contributed by atoms with E-state index in [1.807, 2.05) is 12.1 Å². The van der Waals surface area contributed by atoms with E-state index in [0.717, 1.165) is 0 Å². The predicted octanol–water partition coefficient (Wildman–Crippen LogP) is 2.78. The Bertz CT molecular complexity index is 1310. The van der Waals surface area contributed by atoms with Crippen LogP contribution in [0, 0.1) is 3.95 Å². The Labute approximate surface area is 156 Å². The normalized spacial score (nSPS) is 11.4. The van der Waals surface area contributed by atoms with Crippen LogP contribution in [0.4, 0.5) is 0 Å². The first-order valence-electron chi connectivity index (χ1n) is 7.88. The van der Waals surface area contributed by atoms with Gasteiger partial charge in [-0.05, 0) is 24.4 Å². The lowest BCUT2D eigenvalue weighted by atomic mass is 10.3. The highest BCUT2D eigenvalue weighted by molar-refractivity contribution is 7.73. The average Bonchev–Trinajstić information content (AvgIpc) is 3.12. The van der Waals surface area contributed by atoms with Crippen LogP contribution >= 0.6 is 23.6 Å². The number of aromatic nitrogens is 4. The van der Waals surface area contributed by atoms with Crippen molar-refractivity contribution in [3.05, 3.63) is 68.1 Å². The van der Waals surface area contributed by atoms with Gasteiger partial charge in [-0.3, -0.25) is 13.9 Å². The summed E-state index contributed by atoms with van der Waals surface area (Å²) >= 11 is 6.54. The Morgan fingerprint density at radius 2 is 2.04 bits per heavy atom. The Balaban J connectivity index is 1.72. The van der Waals surface area contributed by atoms with E-state index in [2.05, 4.69) is 11.6 Å². The van der Waals surface area contributed by atoms with Gasteiger partial charge in [0.15, 0.2) is 15.2 Å². The number of nitrogens with zero attached hydrogens (tertiary/aromatic N) is 4. The molecule has 0 saturated carbocycles. The van der Waals surface area contributed by atoms with E-state index in [1.54, 1.807) is 22.8 Å². The summed E-state index contributed by atoms with van der Waals surface area (Å²) in [5.41, 5.74) is 1.62. The first-order valence-corrected chi connectivity index (χ1v) is 9.10. The Morgan fingerprint density at radius 1 is 1.23 bits per heavy atom. The third-order valence-corrected chi connectivity index (χ3v) is 5.52. The van der Waals surface area contributed by atoms with Gasteiger partial charge >= 0.3 is 5.76 Å². The van der Waals surface area contributed by atoms with Gasteiger partial charge in [0, 0.05) is 19.6 Å². The summed E-state index contributed by atoms with van der Waals surface area (Å²) in [6.07, 6.45) is 3.20. The van der Waals surface area contributed by atoms with Crippen LogP contribution < -0.4 is 11.3 Å². The van der Waals surface area contributed by atoms with Crippen molar-refractivity contribution in [2.45, 2.75) is 19.6 Å². The van der Waals surface area contributed by atoms with Crippen molar-refractivity contribution in [2.24, 2.45) is 0 Å². The number of thiazole rings is 1. The molecule has 0 radical (unpaired) electrons. The number of fused-ring (bicyclic) bond motifs is 2. The molecule has 9 heteroatoms. The third kappa shape index (κ3) is 2.65. The molecular formula is C17H14N4O3S2. The van der Waals surface area contributed by atoms with Crippen LogP contribution in [-0.4, -0.2) is 18.7 Å². The van der Waals surface area contributed by atoms with Gasteiger partial charge in [-0.1, -0.05) is 29.5 Å². The zero-order valence-electron chi connectivity index (χ0n) is 13.6. The Hall–Kier alpha value is -2.78. The van der Waals surface area contributed by atoms with Gasteiger partial charge in [0.25, 0.3) is 5.56 Å². The maximum absolute atomic E-state index is 12.7. The van der Waals surface area contributed by atoms with Crippen LogP contribution in [0.15, 0.2) is 57.3 Å². The van der Waals surface area contributed by atoms with Crippen molar-refractivity contribution < 1.29 is 4.42 Å². The lowest BCUT2D eigenvalue weighted by Crippen LogP contribution is -2.25. The molecule has 1 aromatic carbocycles. The summed E-state index contributed by atoms with van der Waals surface area (Å²) in [4.78, 5) is 29.2. The van der Waals surface area contributed by atoms with Crippen molar-refractivity contribution in [3.63, 3.8) is 0 Å². The molecule has 0 saturated heterocycles. The van der Waals surface area contributed by atoms with Gasteiger partial charge in [0.1, 0.15) is 11.0 Å². The number of allylic oxidation sites excluding steroid dienone is 1. The van der Waals surface area contributed by atoms with Crippen molar-refractivity contribution in [3.8, 4) is 0 Å². The number of benzene rings is 1. The highest BCUT2D eigenvalue weighted by Gasteiger charge is 2.13. The zero-order valence-corrected chi connectivity index (χ0v) is 15.3. The van der Waals surface area contributed by atoms with Crippen molar-refractivity contribution in [2.75, 3.05) is 0 Å². The molecule has 26 heavy (non-hydrogen) atoms. The van der Waals surface area contributed by atoms with Gasteiger partial charge < -0.3 is 8.98 Å². The molecule has 3 heterocycles. The number of aryl methyl sites for hydroxylation is 2. The largest absolute Gasteiger partial charge is 0.420 e. The highest BCUT2D eigenvalue weighted by Crippen LogP contribution is 2.18. The first kappa shape index (κ1) is 16.7. The molecule has 0 bridgehead atoms. The second-order valence-electron chi connectivity index (χ2n) is 5.65. The van der Waals surface area contributed by atoms with Gasteiger partial charge in [0.2, 0.25) is 0 Å². The lowest BCUT2D eigenvalue weighted by molar-refractivity contribution is 0.480. The van der Waals surface area contributed by atoms with Crippen LogP contribution in [0.3, 0.4) is 0 Å².